The monoisotopic (exact) mass is 186 g/mol. The second-order valence-electron chi connectivity index (χ2n) is 1.84. The van der Waals surface area contributed by atoms with Crippen LogP contribution in [0.1, 0.15) is 20.3 Å². The summed E-state index contributed by atoms with van der Waals surface area (Å²) in [7, 11) is 0. The van der Waals surface area contributed by atoms with E-state index in [1.807, 2.05) is 0 Å². The Kier molecular flexibility index (Phi) is 8.39. The Labute approximate surface area is 94.3 Å². The van der Waals surface area contributed by atoms with Gasteiger partial charge in [0, 0.05) is 6.92 Å². The zero-order valence-electron chi connectivity index (χ0n) is 5.84. The fraction of sp³-hybridized carbons (Fsp3) is 0.500. The first-order chi connectivity index (χ1) is 4.52. The van der Waals surface area contributed by atoms with Crippen molar-refractivity contribution in [2.24, 2.45) is 0 Å². The van der Waals surface area contributed by atoms with Crippen LogP contribution in [-0.2, 0) is 19.1 Å². The van der Waals surface area contributed by atoms with Crippen LogP contribution in [0.2, 0.25) is 0 Å². The van der Waals surface area contributed by atoms with E-state index in [0.717, 1.165) is 6.92 Å². The van der Waals surface area contributed by atoms with Gasteiger partial charge in [-0.3, -0.25) is 14.4 Å². The molecule has 60 valence electrons. The summed E-state index contributed by atoms with van der Waals surface area (Å²) in [5.41, 5.74) is 0. The molecular formula is C6H10CaO4. The van der Waals surface area contributed by atoms with Crippen molar-refractivity contribution in [3.05, 3.63) is 0 Å². The van der Waals surface area contributed by atoms with Crippen molar-refractivity contribution in [1.29, 1.82) is 0 Å². The van der Waals surface area contributed by atoms with Crippen molar-refractivity contribution in [2.75, 3.05) is 0 Å². The molecule has 0 N–H and O–H groups in total. The van der Waals surface area contributed by atoms with E-state index < -0.39 is 11.9 Å². The van der Waals surface area contributed by atoms with Crippen LogP contribution in [0, 0.1) is 0 Å². The van der Waals surface area contributed by atoms with Crippen LogP contribution in [0.15, 0.2) is 0 Å². The van der Waals surface area contributed by atoms with Crippen molar-refractivity contribution in [3.8, 4) is 0 Å². The molecule has 0 amide bonds. The van der Waals surface area contributed by atoms with E-state index in [4.69, 9.17) is 0 Å². The zero-order chi connectivity index (χ0) is 8.15. The number of rotatable bonds is 2. The predicted molar refractivity (Wildman–Crippen MR) is 40.6 cm³/mol. The molecule has 0 saturated heterocycles. The molecule has 0 unspecified atom stereocenters. The van der Waals surface area contributed by atoms with Crippen LogP contribution >= 0.6 is 0 Å². The molecule has 0 heterocycles. The average molecular weight is 186 g/mol. The molecule has 5 heteroatoms. The molecule has 0 saturated carbocycles. The molecule has 0 aliphatic carbocycles. The number of ketones is 1. The molecule has 11 heavy (non-hydrogen) atoms. The Hall–Kier alpha value is 0.0697. The quantitative estimate of drug-likeness (QED) is 0.320. The summed E-state index contributed by atoms with van der Waals surface area (Å²) in [6.45, 7) is 2.36. The minimum absolute atomic E-state index is 0. The summed E-state index contributed by atoms with van der Waals surface area (Å²) in [6.07, 6.45) is -0.334. The molecular weight excluding hydrogens is 176 g/mol. The van der Waals surface area contributed by atoms with E-state index >= 15 is 0 Å². The SMILES string of the molecule is CC(=O)CC(=O)OC(C)=O.[CaH2]. The number of carbonyl (C=O) groups excluding carboxylic acids is 3. The van der Waals surface area contributed by atoms with Gasteiger partial charge in [0.1, 0.15) is 12.2 Å². The molecule has 0 aromatic rings. The number of hydrogen-bond donors (Lipinski definition) is 0. The average Bonchev–Trinajstić information content (AvgIpc) is 1.58. The van der Waals surface area contributed by atoms with Crippen molar-refractivity contribution in [1.82, 2.24) is 0 Å². The van der Waals surface area contributed by atoms with Gasteiger partial charge in [0.2, 0.25) is 0 Å². The molecule has 0 aromatic heterocycles. The summed E-state index contributed by atoms with van der Waals surface area (Å²) in [4.78, 5) is 30.7. The van der Waals surface area contributed by atoms with Crippen molar-refractivity contribution < 1.29 is 19.1 Å². The first-order valence-corrected chi connectivity index (χ1v) is 2.73. The fourth-order valence-corrected chi connectivity index (χ4v) is 0.400. The first-order valence-electron chi connectivity index (χ1n) is 2.73. The molecule has 0 radical (unpaired) electrons. The summed E-state index contributed by atoms with van der Waals surface area (Å²) in [5.74, 6) is -1.79. The third kappa shape index (κ3) is 10.1. The summed E-state index contributed by atoms with van der Waals surface area (Å²) < 4.78 is 4.06. The molecule has 0 bridgehead atoms. The van der Waals surface area contributed by atoms with Crippen LogP contribution < -0.4 is 0 Å². The standard InChI is InChI=1S/C6H8O4.Ca.2H/c1-4(7)3-6(9)10-5(2)8;;;/h3H2,1-2H3;;;. The number of hydrogen-bond acceptors (Lipinski definition) is 4. The Balaban J connectivity index is 0. The van der Waals surface area contributed by atoms with Gasteiger partial charge in [0.15, 0.2) is 0 Å². The van der Waals surface area contributed by atoms with Crippen LogP contribution in [0.5, 0.6) is 0 Å². The maximum atomic E-state index is 10.4. The van der Waals surface area contributed by atoms with Gasteiger partial charge in [-0.25, -0.2) is 0 Å². The second-order valence-corrected chi connectivity index (χ2v) is 1.84. The van der Waals surface area contributed by atoms with E-state index in [2.05, 4.69) is 4.74 Å². The third-order valence-electron chi connectivity index (χ3n) is 0.651. The maximum absolute atomic E-state index is 10.4. The molecule has 0 fully saturated rings. The Morgan fingerprint density at radius 2 is 1.64 bits per heavy atom. The van der Waals surface area contributed by atoms with Crippen LogP contribution in [0.3, 0.4) is 0 Å². The molecule has 0 aliphatic rings. The van der Waals surface area contributed by atoms with Crippen molar-refractivity contribution in [2.45, 2.75) is 20.3 Å². The number of esters is 2. The van der Waals surface area contributed by atoms with E-state index in [-0.39, 0.29) is 49.9 Å². The normalized spacial score (nSPS) is 7.82. The molecule has 0 spiro atoms. The topological polar surface area (TPSA) is 60.4 Å². The third-order valence-corrected chi connectivity index (χ3v) is 0.651. The predicted octanol–water partition coefficient (Wildman–Crippen LogP) is -0.861. The van der Waals surface area contributed by atoms with Gasteiger partial charge in [-0.15, -0.1) is 0 Å². The van der Waals surface area contributed by atoms with Gasteiger partial charge in [-0.05, 0) is 6.92 Å². The van der Waals surface area contributed by atoms with Crippen LogP contribution in [0.4, 0.5) is 0 Å². The number of carbonyl (C=O) groups is 3. The van der Waals surface area contributed by atoms with Gasteiger partial charge in [-0.1, -0.05) is 0 Å². The van der Waals surface area contributed by atoms with Crippen LogP contribution in [0.25, 0.3) is 0 Å². The van der Waals surface area contributed by atoms with Gasteiger partial charge in [0.05, 0.1) is 0 Å². The van der Waals surface area contributed by atoms with E-state index in [0.29, 0.717) is 0 Å². The van der Waals surface area contributed by atoms with E-state index in [9.17, 15) is 14.4 Å². The van der Waals surface area contributed by atoms with E-state index in [1.54, 1.807) is 0 Å². The molecule has 0 rings (SSSR count). The summed E-state index contributed by atoms with van der Waals surface area (Å²) >= 11 is 0. The van der Waals surface area contributed by atoms with E-state index in [1.165, 1.54) is 6.92 Å². The Morgan fingerprint density at radius 1 is 1.18 bits per heavy atom. The van der Waals surface area contributed by atoms with Gasteiger partial charge in [0.25, 0.3) is 0 Å². The van der Waals surface area contributed by atoms with Crippen LogP contribution in [-0.4, -0.2) is 55.5 Å². The van der Waals surface area contributed by atoms with Gasteiger partial charge >= 0.3 is 49.7 Å². The minimum atomic E-state index is -0.792. The summed E-state index contributed by atoms with van der Waals surface area (Å²) in [6, 6.07) is 0. The number of Topliss-reactive ketones (excluding diaryl/α,β-unsaturated/α-hetero) is 1. The summed E-state index contributed by atoms with van der Waals surface area (Å²) in [5, 5.41) is 0. The molecule has 0 aromatic carbocycles. The second kappa shape index (κ2) is 6.76. The van der Waals surface area contributed by atoms with Gasteiger partial charge < -0.3 is 4.74 Å². The fourth-order valence-electron chi connectivity index (χ4n) is 0.400. The first kappa shape index (κ1) is 13.6. The van der Waals surface area contributed by atoms with Gasteiger partial charge in [-0.2, -0.15) is 0 Å². The molecule has 0 atom stereocenters. The molecule has 0 aliphatic heterocycles. The Bertz CT molecular complexity index is 157. The zero-order valence-corrected chi connectivity index (χ0v) is 5.84. The van der Waals surface area contributed by atoms with Crippen molar-refractivity contribution >= 4 is 55.5 Å². The molecule has 4 nitrogen and oxygen atoms in total. The van der Waals surface area contributed by atoms with Crippen molar-refractivity contribution in [3.63, 3.8) is 0 Å². The Morgan fingerprint density at radius 3 is 1.91 bits per heavy atom. The number of ether oxygens (including phenoxy) is 1.